The Bertz CT molecular complexity index is 1170. The molecular weight excluding hydrogens is 396 g/mol. The first kappa shape index (κ1) is 20.1. The normalized spacial score (nSPS) is 10.6. The Morgan fingerprint density at radius 2 is 1.77 bits per heavy atom. The average molecular weight is 418 g/mol. The third-order valence-electron chi connectivity index (χ3n) is 4.77. The molecule has 0 bridgehead atoms. The lowest BCUT2D eigenvalue weighted by Gasteiger charge is -2.04. The highest BCUT2D eigenvalue weighted by atomic mass is 16.5. The largest absolute Gasteiger partial charge is 0.497 e. The fraction of sp³-hybridized carbons (Fsp3) is 0.182. The molecule has 31 heavy (non-hydrogen) atoms. The zero-order valence-electron chi connectivity index (χ0n) is 17.2. The summed E-state index contributed by atoms with van der Waals surface area (Å²) in [5.41, 5.74) is 2.85. The predicted molar refractivity (Wildman–Crippen MR) is 115 cm³/mol. The molecule has 1 amide bonds. The van der Waals surface area contributed by atoms with E-state index in [2.05, 4.69) is 30.7 Å². The number of aryl methyl sites for hydroxylation is 2. The highest BCUT2D eigenvalue weighted by Crippen LogP contribution is 2.28. The molecule has 0 aliphatic rings. The van der Waals surface area contributed by atoms with Gasteiger partial charge in [0.05, 0.1) is 19.9 Å². The lowest BCUT2D eigenvalue weighted by Crippen LogP contribution is -2.13. The molecule has 0 radical (unpaired) electrons. The van der Waals surface area contributed by atoms with Crippen molar-refractivity contribution in [2.45, 2.75) is 12.8 Å². The molecule has 0 saturated carbocycles. The van der Waals surface area contributed by atoms with Crippen molar-refractivity contribution in [2.75, 3.05) is 19.5 Å². The SMILES string of the molecule is COc1ccc(CCc2nc(NC(=O)c3cc(-c4ccccc4OC)n[nH]3)n[nH]2)cc1. The number of rotatable bonds is 8. The van der Waals surface area contributed by atoms with Crippen LogP contribution in [0, 0.1) is 0 Å². The van der Waals surface area contributed by atoms with Crippen molar-refractivity contribution in [1.29, 1.82) is 0 Å². The standard InChI is InChI=1S/C22H22N6O3/c1-30-15-10-7-14(8-11-15)9-12-20-23-22(28-27-20)24-21(29)18-13-17(25-26-18)16-5-3-4-6-19(16)31-2/h3-8,10-11,13H,9,12H2,1-2H3,(H,25,26)(H2,23,24,27,28,29). The Hall–Kier alpha value is -4.14. The monoisotopic (exact) mass is 418 g/mol. The molecule has 4 rings (SSSR count). The zero-order chi connectivity index (χ0) is 21.6. The molecule has 2 heterocycles. The van der Waals surface area contributed by atoms with Crippen LogP contribution in [0.15, 0.2) is 54.6 Å². The smallest absolute Gasteiger partial charge is 0.276 e. The summed E-state index contributed by atoms with van der Waals surface area (Å²) in [6.07, 6.45) is 1.45. The summed E-state index contributed by atoms with van der Waals surface area (Å²) < 4.78 is 10.5. The van der Waals surface area contributed by atoms with Gasteiger partial charge < -0.3 is 9.47 Å². The minimum atomic E-state index is -0.380. The Labute approximate surface area is 178 Å². The maximum absolute atomic E-state index is 12.5. The van der Waals surface area contributed by atoms with E-state index in [-0.39, 0.29) is 11.9 Å². The number of benzene rings is 2. The summed E-state index contributed by atoms with van der Waals surface area (Å²) in [5.74, 6) is 2.01. The number of H-pyrrole nitrogens is 2. The number of hydrogen-bond acceptors (Lipinski definition) is 6. The number of ether oxygens (including phenoxy) is 2. The zero-order valence-corrected chi connectivity index (χ0v) is 17.2. The number of amides is 1. The molecular formula is C22H22N6O3. The minimum Gasteiger partial charge on any atom is -0.497 e. The van der Waals surface area contributed by atoms with Crippen LogP contribution in [-0.4, -0.2) is 45.5 Å². The second-order valence-electron chi connectivity index (χ2n) is 6.78. The summed E-state index contributed by atoms with van der Waals surface area (Å²) in [6, 6.07) is 17.0. The van der Waals surface area contributed by atoms with Crippen LogP contribution >= 0.6 is 0 Å². The van der Waals surface area contributed by atoms with E-state index in [9.17, 15) is 4.79 Å². The number of aromatic amines is 2. The van der Waals surface area contributed by atoms with Crippen LogP contribution < -0.4 is 14.8 Å². The second-order valence-corrected chi connectivity index (χ2v) is 6.78. The highest BCUT2D eigenvalue weighted by Gasteiger charge is 2.15. The Balaban J connectivity index is 1.37. The quantitative estimate of drug-likeness (QED) is 0.404. The van der Waals surface area contributed by atoms with Gasteiger partial charge in [0.25, 0.3) is 5.91 Å². The van der Waals surface area contributed by atoms with Gasteiger partial charge in [0.15, 0.2) is 0 Å². The minimum absolute atomic E-state index is 0.211. The van der Waals surface area contributed by atoms with Crippen LogP contribution in [0.1, 0.15) is 21.9 Å². The summed E-state index contributed by atoms with van der Waals surface area (Å²) in [4.78, 5) is 16.9. The van der Waals surface area contributed by atoms with Crippen LogP contribution in [0.5, 0.6) is 11.5 Å². The van der Waals surface area contributed by atoms with Crippen molar-refractivity contribution >= 4 is 11.9 Å². The molecule has 9 heteroatoms. The lowest BCUT2D eigenvalue weighted by atomic mass is 10.1. The number of nitrogens with one attached hydrogen (secondary N) is 3. The molecule has 158 valence electrons. The number of nitrogens with zero attached hydrogens (tertiary/aromatic N) is 3. The van der Waals surface area contributed by atoms with Gasteiger partial charge in [-0.15, -0.1) is 5.10 Å². The van der Waals surface area contributed by atoms with Crippen molar-refractivity contribution in [3.8, 4) is 22.8 Å². The van der Waals surface area contributed by atoms with Crippen LogP contribution in [0.25, 0.3) is 11.3 Å². The highest BCUT2D eigenvalue weighted by molar-refractivity contribution is 6.02. The third kappa shape index (κ3) is 4.72. The number of para-hydroxylation sites is 1. The molecule has 4 aromatic rings. The Morgan fingerprint density at radius 1 is 0.968 bits per heavy atom. The number of methoxy groups -OCH3 is 2. The fourth-order valence-corrected chi connectivity index (χ4v) is 3.12. The van der Waals surface area contributed by atoms with Crippen molar-refractivity contribution in [1.82, 2.24) is 25.4 Å². The first-order valence-electron chi connectivity index (χ1n) is 9.70. The van der Waals surface area contributed by atoms with Crippen LogP contribution in [0.2, 0.25) is 0 Å². The predicted octanol–water partition coefficient (Wildman–Crippen LogP) is 3.25. The summed E-state index contributed by atoms with van der Waals surface area (Å²) in [6.45, 7) is 0. The van der Waals surface area contributed by atoms with Crippen LogP contribution in [0.4, 0.5) is 5.95 Å². The second kappa shape index (κ2) is 9.12. The number of carbonyl (C=O) groups excluding carboxylic acids is 1. The Morgan fingerprint density at radius 3 is 2.55 bits per heavy atom. The third-order valence-corrected chi connectivity index (χ3v) is 4.77. The van der Waals surface area contributed by atoms with Gasteiger partial charge in [-0.25, -0.2) is 0 Å². The van der Waals surface area contributed by atoms with Crippen molar-refractivity contribution in [3.05, 3.63) is 71.7 Å². The van der Waals surface area contributed by atoms with E-state index in [1.165, 1.54) is 0 Å². The Kier molecular flexibility index (Phi) is 5.93. The number of aromatic nitrogens is 5. The molecule has 0 fully saturated rings. The van der Waals surface area contributed by atoms with Crippen molar-refractivity contribution in [3.63, 3.8) is 0 Å². The van der Waals surface area contributed by atoms with E-state index in [0.29, 0.717) is 29.4 Å². The van der Waals surface area contributed by atoms with Gasteiger partial charge >= 0.3 is 0 Å². The number of carbonyl (C=O) groups is 1. The first-order chi connectivity index (χ1) is 15.2. The first-order valence-corrected chi connectivity index (χ1v) is 9.70. The van der Waals surface area contributed by atoms with E-state index in [1.54, 1.807) is 20.3 Å². The summed E-state index contributed by atoms with van der Waals surface area (Å²) in [5, 5.41) is 16.6. The van der Waals surface area contributed by atoms with E-state index in [0.717, 1.165) is 23.3 Å². The molecule has 9 nitrogen and oxygen atoms in total. The van der Waals surface area contributed by atoms with Gasteiger partial charge in [0.1, 0.15) is 23.0 Å². The van der Waals surface area contributed by atoms with Crippen molar-refractivity contribution < 1.29 is 14.3 Å². The van der Waals surface area contributed by atoms with Crippen LogP contribution in [0.3, 0.4) is 0 Å². The molecule has 0 saturated heterocycles. The van der Waals surface area contributed by atoms with Gasteiger partial charge in [-0.3, -0.25) is 20.3 Å². The van der Waals surface area contributed by atoms with E-state index in [1.807, 2.05) is 48.5 Å². The molecule has 3 N–H and O–H groups in total. The molecule has 0 aliphatic carbocycles. The molecule has 0 spiro atoms. The number of anilines is 1. The maximum Gasteiger partial charge on any atom is 0.276 e. The summed E-state index contributed by atoms with van der Waals surface area (Å²) in [7, 11) is 3.23. The van der Waals surface area contributed by atoms with Gasteiger partial charge in [-0.2, -0.15) is 10.1 Å². The molecule has 2 aromatic heterocycles. The number of hydrogen-bond donors (Lipinski definition) is 3. The van der Waals surface area contributed by atoms with Gasteiger partial charge in [0.2, 0.25) is 5.95 Å². The van der Waals surface area contributed by atoms with Crippen LogP contribution in [-0.2, 0) is 12.8 Å². The van der Waals surface area contributed by atoms with E-state index < -0.39 is 0 Å². The van der Waals surface area contributed by atoms with Gasteiger partial charge in [-0.1, -0.05) is 24.3 Å². The van der Waals surface area contributed by atoms with E-state index >= 15 is 0 Å². The molecule has 0 aliphatic heterocycles. The molecule has 2 aromatic carbocycles. The van der Waals surface area contributed by atoms with Crippen molar-refractivity contribution in [2.24, 2.45) is 0 Å². The lowest BCUT2D eigenvalue weighted by molar-refractivity contribution is 0.102. The van der Waals surface area contributed by atoms with Gasteiger partial charge in [-0.05, 0) is 42.3 Å². The van der Waals surface area contributed by atoms with E-state index in [4.69, 9.17) is 9.47 Å². The van der Waals surface area contributed by atoms with Gasteiger partial charge in [0, 0.05) is 12.0 Å². The topological polar surface area (TPSA) is 118 Å². The fourth-order valence-electron chi connectivity index (χ4n) is 3.12. The molecule has 0 unspecified atom stereocenters. The maximum atomic E-state index is 12.5. The molecule has 0 atom stereocenters. The summed E-state index contributed by atoms with van der Waals surface area (Å²) >= 11 is 0. The average Bonchev–Trinajstić information content (AvgIpc) is 3.48.